The summed E-state index contributed by atoms with van der Waals surface area (Å²) in [5.41, 5.74) is 5.40. The van der Waals surface area contributed by atoms with Crippen LogP contribution in [0, 0.1) is 0 Å². The van der Waals surface area contributed by atoms with Gasteiger partial charge in [0.25, 0.3) is 0 Å². The van der Waals surface area contributed by atoms with Gasteiger partial charge in [-0.25, -0.2) is 0 Å². The number of nitrogens with zero attached hydrogens (tertiary/aromatic N) is 2. The molecule has 2 N–H and O–H groups in total. The lowest BCUT2D eigenvalue weighted by molar-refractivity contribution is -0.153. The van der Waals surface area contributed by atoms with Gasteiger partial charge in [0, 0.05) is 13.1 Å². The zero-order chi connectivity index (χ0) is 10.8. The lowest BCUT2D eigenvalue weighted by atomic mass is 10.1. The van der Waals surface area contributed by atoms with Crippen LogP contribution >= 0.6 is 0 Å². The third-order valence-electron chi connectivity index (χ3n) is 3.13. The smallest absolute Gasteiger partial charge is 0.245 e. The molecular formula is C10H17N3O2. The van der Waals surface area contributed by atoms with E-state index in [4.69, 9.17) is 5.73 Å². The van der Waals surface area contributed by atoms with E-state index >= 15 is 0 Å². The highest BCUT2D eigenvalue weighted by Gasteiger charge is 2.41. The van der Waals surface area contributed by atoms with Gasteiger partial charge in [-0.2, -0.15) is 0 Å². The zero-order valence-corrected chi connectivity index (χ0v) is 8.82. The summed E-state index contributed by atoms with van der Waals surface area (Å²) in [6, 6.07) is -0.177. The van der Waals surface area contributed by atoms with Crippen molar-refractivity contribution in [2.45, 2.75) is 25.3 Å². The number of carbonyl (C=O) groups is 2. The molecule has 5 heteroatoms. The van der Waals surface area contributed by atoms with Crippen LogP contribution in [0.4, 0.5) is 0 Å². The summed E-state index contributed by atoms with van der Waals surface area (Å²) in [6.07, 6.45) is 2.54. The third kappa shape index (κ3) is 1.84. The van der Waals surface area contributed by atoms with Gasteiger partial charge in [0.2, 0.25) is 11.8 Å². The SMILES string of the molecule is NCCCN1CC(=O)N2CCCC2C1=O. The van der Waals surface area contributed by atoms with Crippen molar-refractivity contribution < 1.29 is 9.59 Å². The minimum atomic E-state index is -0.177. The maximum absolute atomic E-state index is 11.9. The van der Waals surface area contributed by atoms with E-state index in [1.54, 1.807) is 9.80 Å². The second-order valence-corrected chi connectivity index (χ2v) is 4.15. The second kappa shape index (κ2) is 4.18. The van der Waals surface area contributed by atoms with E-state index < -0.39 is 0 Å². The molecule has 0 aliphatic carbocycles. The van der Waals surface area contributed by atoms with Crippen LogP contribution in [0.15, 0.2) is 0 Å². The number of amides is 2. The average molecular weight is 211 g/mol. The van der Waals surface area contributed by atoms with Crippen molar-refractivity contribution in [3.8, 4) is 0 Å². The van der Waals surface area contributed by atoms with E-state index in [0.29, 0.717) is 13.1 Å². The summed E-state index contributed by atoms with van der Waals surface area (Å²) in [5, 5.41) is 0. The molecule has 0 aromatic rings. The molecule has 1 atom stereocenters. The first-order chi connectivity index (χ1) is 7.24. The molecule has 2 aliphatic heterocycles. The molecule has 1 unspecified atom stereocenters. The Bertz CT molecular complexity index is 280. The van der Waals surface area contributed by atoms with Crippen molar-refractivity contribution in [1.29, 1.82) is 0 Å². The molecule has 2 fully saturated rings. The molecule has 2 aliphatic rings. The lowest BCUT2D eigenvalue weighted by Gasteiger charge is -2.36. The first kappa shape index (κ1) is 10.4. The maximum Gasteiger partial charge on any atom is 0.245 e. The predicted octanol–water partition coefficient (Wildman–Crippen LogP) is -0.832. The Hall–Kier alpha value is -1.10. The Morgan fingerprint density at radius 1 is 1.40 bits per heavy atom. The van der Waals surface area contributed by atoms with Crippen LogP contribution in [0.25, 0.3) is 0 Å². The first-order valence-corrected chi connectivity index (χ1v) is 5.52. The van der Waals surface area contributed by atoms with Gasteiger partial charge in [0.05, 0.1) is 6.54 Å². The Balaban J connectivity index is 2.03. The highest BCUT2D eigenvalue weighted by atomic mass is 16.2. The predicted molar refractivity (Wildman–Crippen MR) is 55.0 cm³/mol. The summed E-state index contributed by atoms with van der Waals surface area (Å²) in [5.74, 6) is 0.203. The molecule has 2 rings (SSSR count). The molecule has 0 bridgehead atoms. The number of hydrogen-bond acceptors (Lipinski definition) is 3. The van der Waals surface area contributed by atoms with Crippen molar-refractivity contribution in [3.05, 3.63) is 0 Å². The van der Waals surface area contributed by atoms with Gasteiger partial charge in [0.15, 0.2) is 0 Å². The van der Waals surface area contributed by atoms with Gasteiger partial charge in [-0.3, -0.25) is 9.59 Å². The second-order valence-electron chi connectivity index (χ2n) is 4.15. The average Bonchev–Trinajstić information content (AvgIpc) is 2.70. The van der Waals surface area contributed by atoms with E-state index in [1.165, 1.54) is 0 Å². The normalized spacial score (nSPS) is 26.1. The van der Waals surface area contributed by atoms with Gasteiger partial charge in [-0.05, 0) is 25.8 Å². The van der Waals surface area contributed by atoms with E-state index in [1.807, 2.05) is 0 Å². The standard InChI is InChI=1S/C10H17N3O2/c11-4-2-5-12-7-9(14)13-6-1-3-8(13)10(12)15/h8H,1-7,11H2. The van der Waals surface area contributed by atoms with Gasteiger partial charge >= 0.3 is 0 Å². The van der Waals surface area contributed by atoms with E-state index in [2.05, 4.69) is 0 Å². The minimum Gasteiger partial charge on any atom is -0.332 e. The van der Waals surface area contributed by atoms with Crippen LogP contribution in [0.5, 0.6) is 0 Å². The zero-order valence-electron chi connectivity index (χ0n) is 8.82. The Morgan fingerprint density at radius 2 is 2.20 bits per heavy atom. The van der Waals surface area contributed by atoms with E-state index in [9.17, 15) is 9.59 Å². The van der Waals surface area contributed by atoms with Crippen LogP contribution in [0.1, 0.15) is 19.3 Å². The minimum absolute atomic E-state index is 0.0918. The molecule has 84 valence electrons. The number of piperazine rings is 1. The highest BCUT2D eigenvalue weighted by Crippen LogP contribution is 2.23. The van der Waals surface area contributed by atoms with Crippen LogP contribution < -0.4 is 5.73 Å². The number of carbonyl (C=O) groups excluding carboxylic acids is 2. The summed E-state index contributed by atoms with van der Waals surface area (Å²) in [4.78, 5) is 27.0. The van der Waals surface area contributed by atoms with Crippen LogP contribution in [-0.4, -0.2) is 53.8 Å². The Kier molecular flexibility index (Phi) is 2.90. The molecule has 0 aromatic carbocycles. The van der Waals surface area contributed by atoms with E-state index in [-0.39, 0.29) is 24.4 Å². The molecule has 5 nitrogen and oxygen atoms in total. The van der Waals surface area contributed by atoms with Crippen LogP contribution in [0.2, 0.25) is 0 Å². The Labute approximate surface area is 89.2 Å². The molecule has 2 amide bonds. The number of nitrogens with two attached hydrogens (primary N) is 1. The van der Waals surface area contributed by atoms with E-state index in [0.717, 1.165) is 25.8 Å². The van der Waals surface area contributed by atoms with Crippen molar-refractivity contribution in [1.82, 2.24) is 9.80 Å². The van der Waals surface area contributed by atoms with Gasteiger partial charge in [-0.1, -0.05) is 0 Å². The molecule has 0 radical (unpaired) electrons. The quantitative estimate of drug-likeness (QED) is 0.662. The molecule has 2 heterocycles. The van der Waals surface area contributed by atoms with Crippen molar-refractivity contribution in [2.75, 3.05) is 26.2 Å². The fourth-order valence-corrected chi connectivity index (χ4v) is 2.34. The topological polar surface area (TPSA) is 66.6 Å². The summed E-state index contributed by atoms with van der Waals surface area (Å²) >= 11 is 0. The third-order valence-corrected chi connectivity index (χ3v) is 3.13. The summed E-state index contributed by atoms with van der Waals surface area (Å²) in [7, 11) is 0. The number of fused-ring (bicyclic) bond motifs is 1. The first-order valence-electron chi connectivity index (χ1n) is 5.52. The largest absolute Gasteiger partial charge is 0.332 e. The molecule has 0 saturated carbocycles. The van der Waals surface area contributed by atoms with Crippen molar-refractivity contribution >= 4 is 11.8 Å². The van der Waals surface area contributed by atoms with Crippen molar-refractivity contribution in [2.24, 2.45) is 5.73 Å². The van der Waals surface area contributed by atoms with Crippen LogP contribution in [0.3, 0.4) is 0 Å². The number of rotatable bonds is 3. The number of hydrogen-bond donors (Lipinski definition) is 1. The monoisotopic (exact) mass is 211 g/mol. The maximum atomic E-state index is 11.9. The Morgan fingerprint density at radius 3 is 2.93 bits per heavy atom. The summed E-state index contributed by atoms with van der Waals surface area (Å²) in [6.45, 7) is 2.17. The highest BCUT2D eigenvalue weighted by molar-refractivity contribution is 5.95. The lowest BCUT2D eigenvalue weighted by Crippen LogP contribution is -2.57. The molecular weight excluding hydrogens is 194 g/mol. The van der Waals surface area contributed by atoms with Crippen LogP contribution in [-0.2, 0) is 9.59 Å². The molecule has 0 aromatic heterocycles. The van der Waals surface area contributed by atoms with Gasteiger partial charge < -0.3 is 15.5 Å². The molecule has 2 saturated heterocycles. The van der Waals surface area contributed by atoms with Gasteiger partial charge in [-0.15, -0.1) is 0 Å². The fraction of sp³-hybridized carbons (Fsp3) is 0.800. The van der Waals surface area contributed by atoms with Crippen molar-refractivity contribution in [3.63, 3.8) is 0 Å². The van der Waals surface area contributed by atoms with Gasteiger partial charge in [0.1, 0.15) is 6.04 Å². The molecule has 0 spiro atoms. The molecule has 15 heavy (non-hydrogen) atoms. The summed E-state index contributed by atoms with van der Waals surface area (Å²) < 4.78 is 0. The fourth-order valence-electron chi connectivity index (χ4n) is 2.34.